The molecule has 0 aromatic heterocycles. The molecule has 0 radical (unpaired) electrons. The molecule has 0 aliphatic rings. The molecule has 0 bridgehead atoms. The molecule has 0 rings (SSSR count). The normalized spacial score (nSPS) is 11.9. The quantitative estimate of drug-likeness (QED) is 0.375. The smallest absolute Gasteiger partial charge is 0.373 e. The zero-order valence-corrected chi connectivity index (χ0v) is 16.4. The highest BCUT2D eigenvalue weighted by Gasteiger charge is 2.39. The Morgan fingerprint density at radius 2 is 1.48 bits per heavy atom. The van der Waals surface area contributed by atoms with Gasteiger partial charge in [0.25, 0.3) is 0 Å². The van der Waals surface area contributed by atoms with Crippen LogP contribution in [0, 0.1) is 0 Å². The lowest BCUT2D eigenvalue weighted by Crippen LogP contribution is -2.48. The molecule has 0 spiro atoms. The Labute approximate surface area is 157 Å². The standard InChI is InChI=1S/C13H30O4Si2.CO2.3CH4/c1-6-11-19(16-2,17-18(3,4)5)12-9-7-8-10-13(14)15;2-1-3;;;/h6-12H2,1-5H3,(H,14,15);;3*1H4. The average molecular weight is 399 g/mol. The highest BCUT2D eigenvalue weighted by atomic mass is 28.4. The topological polar surface area (TPSA) is 89.9 Å². The summed E-state index contributed by atoms with van der Waals surface area (Å²) in [5, 5.41) is 8.62. The maximum atomic E-state index is 10.5. The lowest BCUT2D eigenvalue weighted by molar-refractivity contribution is -0.191. The summed E-state index contributed by atoms with van der Waals surface area (Å²) in [6.45, 7) is 8.77. The Bertz CT molecular complexity index is 339. The summed E-state index contributed by atoms with van der Waals surface area (Å²) in [6.07, 6.45) is 4.31. The molecule has 0 heterocycles. The number of carbonyl (C=O) groups is 1. The van der Waals surface area contributed by atoms with Gasteiger partial charge in [-0.05, 0) is 38.2 Å². The summed E-state index contributed by atoms with van der Waals surface area (Å²) in [4.78, 5) is 26.7. The summed E-state index contributed by atoms with van der Waals surface area (Å²) in [5.74, 6) is -0.706. The third kappa shape index (κ3) is 23.2. The zero-order chi connectivity index (χ0) is 17.6. The van der Waals surface area contributed by atoms with E-state index in [9.17, 15) is 4.79 Å². The predicted molar refractivity (Wildman–Crippen MR) is 108 cm³/mol. The van der Waals surface area contributed by atoms with Gasteiger partial charge < -0.3 is 13.6 Å². The minimum absolute atomic E-state index is 0. The average Bonchev–Trinajstić information content (AvgIpc) is 2.37. The SMILES string of the molecule is C.C.C.CCC[Si](CCCCCC(=O)O)(OC)O[Si](C)(C)C.O=C=O. The van der Waals surface area contributed by atoms with Gasteiger partial charge in [0.15, 0.2) is 8.32 Å². The Morgan fingerprint density at radius 1 is 1.00 bits per heavy atom. The lowest BCUT2D eigenvalue weighted by Gasteiger charge is -2.35. The van der Waals surface area contributed by atoms with Gasteiger partial charge in [-0.25, -0.2) is 0 Å². The highest BCUT2D eigenvalue weighted by molar-refractivity contribution is 6.82. The van der Waals surface area contributed by atoms with Crippen LogP contribution in [0.4, 0.5) is 0 Å². The molecule has 154 valence electrons. The van der Waals surface area contributed by atoms with E-state index >= 15 is 0 Å². The molecule has 0 aromatic rings. The Balaban J connectivity index is -0.000000206. The van der Waals surface area contributed by atoms with Crippen LogP contribution >= 0.6 is 0 Å². The summed E-state index contributed by atoms with van der Waals surface area (Å²) < 4.78 is 12.2. The fraction of sp³-hybridized carbons (Fsp3) is 0.882. The van der Waals surface area contributed by atoms with Crippen LogP contribution in [0.15, 0.2) is 0 Å². The first kappa shape index (κ1) is 35.3. The van der Waals surface area contributed by atoms with Gasteiger partial charge in [0.1, 0.15) is 0 Å². The minimum Gasteiger partial charge on any atom is -0.481 e. The Morgan fingerprint density at radius 3 is 1.80 bits per heavy atom. The fourth-order valence-electron chi connectivity index (χ4n) is 2.26. The van der Waals surface area contributed by atoms with E-state index in [4.69, 9.17) is 23.2 Å². The van der Waals surface area contributed by atoms with E-state index in [1.165, 1.54) is 0 Å². The summed E-state index contributed by atoms with van der Waals surface area (Å²) in [6, 6.07) is 2.02. The maximum Gasteiger partial charge on any atom is 0.373 e. The van der Waals surface area contributed by atoms with Gasteiger partial charge >= 0.3 is 20.7 Å². The van der Waals surface area contributed by atoms with Crippen LogP contribution in [0.25, 0.3) is 0 Å². The molecule has 0 amide bonds. The molecule has 1 N–H and O–H groups in total. The van der Waals surface area contributed by atoms with E-state index in [-0.39, 0.29) is 34.9 Å². The lowest BCUT2D eigenvalue weighted by atomic mass is 10.2. The second kappa shape index (κ2) is 19.5. The van der Waals surface area contributed by atoms with Crippen LogP contribution in [0.5, 0.6) is 0 Å². The van der Waals surface area contributed by atoms with Gasteiger partial charge in [0.05, 0.1) is 0 Å². The first-order valence-corrected chi connectivity index (χ1v) is 13.3. The second-order valence-electron chi connectivity index (χ2n) is 6.12. The van der Waals surface area contributed by atoms with Crippen molar-refractivity contribution in [2.24, 2.45) is 0 Å². The predicted octanol–water partition coefficient (Wildman–Crippen LogP) is 5.31. The maximum absolute atomic E-state index is 10.5. The Hall–Kier alpha value is -0.796. The number of hydrogen-bond acceptors (Lipinski definition) is 5. The van der Waals surface area contributed by atoms with Crippen molar-refractivity contribution >= 4 is 29.0 Å². The summed E-state index contributed by atoms with van der Waals surface area (Å²) in [5.41, 5.74) is 0. The van der Waals surface area contributed by atoms with Crippen LogP contribution in [-0.2, 0) is 22.9 Å². The van der Waals surface area contributed by atoms with E-state index < -0.39 is 22.8 Å². The van der Waals surface area contributed by atoms with Crippen molar-refractivity contribution in [1.82, 2.24) is 0 Å². The molecule has 0 aliphatic heterocycles. The first-order valence-electron chi connectivity index (χ1n) is 7.62. The number of carbonyl (C=O) groups excluding carboxylic acids is 2. The molecule has 8 heteroatoms. The first-order chi connectivity index (χ1) is 10.2. The number of unbranched alkanes of at least 4 members (excludes halogenated alkanes) is 2. The monoisotopic (exact) mass is 398 g/mol. The number of rotatable bonds is 11. The van der Waals surface area contributed by atoms with Crippen molar-refractivity contribution in [2.75, 3.05) is 7.11 Å². The van der Waals surface area contributed by atoms with Gasteiger partial charge in [0, 0.05) is 13.5 Å². The number of carboxylic acid groups (broad SMARTS) is 1. The fourth-order valence-corrected chi connectivity index (χ4v) is 10.1. The number of aliphatic carboxylic acids is 1. The number of hydrogen-bond donors (Lipinski definition) is 1. The van der Waals surface area contributed by atoms with Crippen LogP contribution in [0.3, 0.4) is 0 Å². The van der Waals surface area contributed by atoms with Crippen molar-refractivity contribution in [3.05, 3.63) is 0 Å². The molecule has 0 saturated carbocycles. The third-order valence-corrected chi connectivity index (χ3v) is 10.0. The van der Waals surface area contributed by atoms with Crippen molar-refractivity contribution in [1.29, 1.82) is 0 Å². The van der Waals surface area contributed by atoms with Crippen molar-refractivity contribution in [2.45, 2.75) is 93.0 Å². The van der Waals surface area contributed by atoms with Crippen molar-refractivity contribution in [3.63, 3.8) is 0 Å². The van der Waals surface area contributed by atoms with Gasteiger partial charge in [-0.15, -0.1) is 0 Å². The Kier molecular flexibility index (Phi) is 27.6. The minimum atomic E-state index is -2.07. The molecular formula is C17H42O6Si2. The molecule has 0 fully saturated rings. The molecule has 25 heavy (non-hydrogen) atoms. The summed E-state index contributed by atoms with van der Waals surface area (Å²) in [7, 11) is -1.89. The van der Waals surface area contributed by atoms with Gasteiger partial charge in [-0.1, -0.05) is 48.5 Å². The molecule has 1 unspecified atom stereocenters. The molecule has 0 aromatic carbocycles. The molecule has 0 aliphatic carbocycles. The van der Waals surface area contributed by atoms with E-state index in [2.05, 4.69) is 26.6 Å². The van der Waals surface area contributed by atoms with Gasteiger partial charge in [0.2, 0.25) is 0 Å². The van der Waals surface area contributed by atoms with Crippen molar-refractivity contribution < 1.29 is 28.0 Å². The molecule has 1 atom stereocenters. The second-order valence-corrected chi connectivity index (χ2v) is 14.4. The van der Waals surface area contributed by atoms with Crippen molar-refractivity contribution in [3.8, 4) is 0 Å². The van der Waals surface area contributed by atoms with Crippen LogP contribution in [-0.4, -0.2) is 41.2 Å². The highest BCUT2D eigenvalue weighted by Crippen LogP contribution is 2.27. The van der Waals surface area contributed by atoms with Gasteiger partial charge in [-0.2, -0.15) is 9.59 Å². The number of carboxylic acids is 1. The van der Waals surface area contributed by atoms with E-state index in [1.54, 1.807) is 7.11 Å². The van der Waals surface area contributed by atoms with Crippen LogP contribution < -0.4 is 0 Å². The van der Waals surface area contributed by atoms with E-state index in [1.807, 2.05) is 0 Å². The van der Waals surface area contributed by atoms with Crippen LogP contribution in [0.2, 0.25) is 31.7 Å². The largest absolute Gasteiger partial charge is 0.481 e. The van der Waals surface area contributed by atoms with Crippen LogP contribution in [0.1, 0.15) is 61.3 Å². The molecule has 6 nitrogen and oxygen atoms in total. The third-order valence-electron chi connectivity index (χ3n) is 2.94. The molecular weight excluding hydrogens is 356 g/mol. The van der Waals surface area contributed by atoms with Gasteiger partial charge in [-0.3, -0.25) is 4.79 Å². The van der Waals surface area contributed by atoms with E-state index in [0.717, 1.165) is 37.8 Å². The molecule has 0 saturated heterocycles. The summed E-state index contributed by atoms with van der Waals surface area (Å²) >= 11 is 0. The van der Waals surface area contributed by atoms with E-state index in [0.29, 0.717) is 0 Å². The zero-order valence-electron chi connectivity index (χ0n) is 14.4.